The van der Waals surface area contributed by atoms with Crippen LogP contribution < -0.4 is 5.32 Å². The predicted molar refractivity (Wildman–Crippen MR) is 85.0 cm³/mol. The largest absolute Gasteiger partial charge is 0.445 e. The van der Waals surface area contributed by atoms with Gasteiger partial charge in [-0.15, -0.1) is 0 Å². The molecule has 1 aliphatic heterocycles. The summed E-state index contributed by atoms with van der Waals surface area (Å²) in [5.74, 6) is -0.682. The molecule has 0 unspecified atom stereocenters. The van der Waals surface area contributed by atoms with Crippen LogP contribution in [-0.4, -0.2) is 37.2 Å². The molecule has 2 fully saturated rings. The van der Waals surface area contributed by atoms with E-state index >= 15 is 0 Å². The van der Waals surface area contributed by atoms with Gasteiger partial charge in [-0.2, -0.15) is 0 Å². The minimum atomic E-state index is -0.682. The third-order valence-corrected chi connectivity index (χ3v) is 4.35. The average molecular weight is 332 g/mol. The molecule has 1 heterocycles. The molecule has 0 bridgehead atoms. The molecule has 128 valence electrons. The molecule has 1 aromatic rings. The van der Waals surface area contributed by atoms with E-state index in [0.29, 0.717) is 32.5 Å². The molecule has 0 radical (unpaired) electrons. The summed E-state index contributed by atoms with van der Waals surface area (Å²) < 4.78 is 16.6. The highest BCUT2D eigenvalue weighted by Crippen LogP contribution is 2.37. The van der Waals surface area contributed by atoms with Gasteiger partial charge in [0.2, 0.25) is 0 Å². The van der Waals surface area contributed by atoms with Gasteiger partial charge in [0.25, 0.3) is 0 Å². The molecular formula is C16H20N4O4. The van der Waals surface area contributed by atoms with Crippen LogP contribution in [0.15, 0.2) is 35.4 Å². The lowest BCUT2D eigenvalue weighted by atomic mass is 9.86. The Labute approximate surface area is 139 Å². The molecule has 1 saturated carbocycles. The zero-order chi connectivity index (χ0) is 16.8. The minimum Gasteiger partial charge on any atom is -0.445 e. The van der Waals surface area contributed by atoms with Crippen molar-refractivity contribution in [1.82, 2.24) is 5.32 Å². The van der Waals surface area contributed by atoms with Crippen LogP contribution in [0, 0.1) is 0 Å². The number of azide groups is 1. The maximum atomic E-state index is 12.1. The van der Waals surface area contributed by atoms with E-state index < -0.39 is 11.9 Å². The van der Waals surface area contributed by atoms with Gasteiger partial charge in [-0.3, -0.25) is 0 Å². The van der Waals surface area contributed by atoms with E-state index in [2.05, 4.69) is 15.3 Å². The smallest absolute Gasteiger partial charge is 0.407 e. The molecule has 3 rings (SSSR count). The zero-order valence-electron chi connectivity index (χ0n) is 13.3. The van der Waals surface area contributed by atoms with Crippen LogP contribution in [0.4, 0.5) is 4.79 Å². The third kappa shape index (κ3) is 3.97. The summed E-state index contributed by atoms with van der Waals surface area (Å²) in [4.78, 5) is 15.0. The second-order valence-electron chi connectivity index (χ2n) is 5.94. The minimum absolute atomic E-state index is 0.184. The van der Waals surface area contributed by atoms with E-state index in [-0.39, 0.29) is 18.7 Å². The number of rotatable bonds is 4. The van der Waals surface area contributed by atoms with Crippen LogP contribution >= 0.6 is 0 Å². The third-order valence-electron chi connectivity index (χ3n) is 4.35. The number of benzene rings is 1. The first-order valence-electron chi connectivity index (χ1n) is 8.00. The van der Waals surface area contributed by atoms with Gasteiger partial charge in [0, 0.05) is 23.8 Å². The lowest BCUT2D eigenvalue weighted by Gasteiger charge is -2.39. The quantitative estimate of drug-likeness (QED) is 0.520. The van der Waals surface area contributed by atoms with E-state index in [4.69, 9.17) is 19.7 Å². The number of alkyl carbamates (subject to hydrolysis) is 1. The van der Waals surface area contributed by atoms with Crippen LogP contribution in [0.5, 0.6) is 0 Å². The standard InChI is InChI=1S/C16H20N4O4/c17-20-19-13-6-7-16(23-8-9-24-16)10-14(13)18-15(21)22-11-12-4-2-1-3-5-12/h1-5,13-14H,6-11H2,(H,18,21)/t13-,14+/m0/s1. The molecule has 24 heavy (non-hydrogen) atoms. The van der Waals surface area contributed by atoms with Crippen molar-refractivity contribution in [2.24, 2.45) is 5.11 Å². The van der Waals surface area contributed by atoms with E-state index in [0.717, 1.165) is 5.56 Å². The SMILES string of the molecule is [N-]=[N+]=N[C@H]1CCC2(C[C@H]1NC(=O)OCc1ccccc1)OCCO2. The Hall–Kier alpha value is -2.28. The van der Waals surface area contributed by atoms with Crippen molar-refractivity contribution in [3.05, 3.63) is 46.3 Å². The van der Waals surface area contributed by atoms with Gasteiger partial charge in [0.1, 0.15) is 6.61 Å². The normalized spacial score (nSPS) is 25.0. The van der Waals surface area contributed by atoms with Gasteiger partial charge in [0.15, 0.2) is 5.79 Å². The number of nitrogens with zero attached hydrogens (tertiary/aromatic N) is 3. The Kier molecular flexibility index (Phi) is 5.20. The fourth-order valence-electron chi connectivity index (χ4n) is 3.17. The first-order valence-corrected chi connectivity index (χ1v) is 8.00. The molecular weight excluding hydrogens is 312 g/mol. The molecule has 1 saturated heterocycles. The Morgan fingerprint density at radius 1 is 1.38 bits per heavy atom. The maximum Gasteiger partial charge on any atom is 0.407 e. The molecule has 1 amide bonds. The highest BCUT2D eigenvalue weighted by atomic mass is 16.7. The van der Waals surface area contributed by atoms with Crippen LogP contribution in [0.1, 0.15) is 24.8 Å². The highest BCUT2D eigenvalue weighted by molar-refractivity contribution is 5.67. The van der Waals surface area contributed by atoms with E-state index in [1.54, 1.807) is 0 Å². The van der Waals surface area contributed by atoms with Gasteiger partial charge in [-0.25, -0.2) is 4.79 Å². The average Bonchev–Trinajstić information content (AvgIpc) is 3.05. The summed E-state index contributed by atoms with van der Waals surface area (Å²) in [6, 6.07) is 8.71. The maximum absolute atomic E-state index is 12.1. The fourth-order valence-corrected chi connectivity index (χ4v) is 3.17. The van der Waals surface area contributed by atoms with Gasteiger partial charge >= 0.3 is 6.09 Å². The highest BCUT2D eigenvalue weighted by Gasteiger charge is 2.45. The van der Waals surface area contributed by atoms with Gasteiger partial charge in [0.05, 0.1) is 19.3 Å². The summed E-state index contributed by atoms with van der Waals surface area (Å²) in [7, 11) is 0. The Morgan fingerprint density at radius 3 is 2.83 bits per heavy atom. The lowest BCUT2D eigenvalue weighted by molar-refractivity contribution is -0.183. The molecule has 1 aliphatic carbocycles. The molecule has 8 nitrogen and oxygen atoms in total. The topological polar surface area (TPSA) is 106 Å². The molecule has 2 atom stereocenters. The van der Waals surface area contributed by atoms with Crippen LogP contribution in [0.3, 0.4) is 0 Å². The van der Waals surface area contributed by atoms with E-state index in [9.17, 15) is 4.79 Å². The summed E-state index contributed by atoms with van der Waals surface area (Å²) >= 11 is 0. The zero-order valence-corrected chi connectivity index (χ0v) is 13.3. The van der Waals surface area contributed by atoms with Crippen molar-refractivity contribution in [1.29, 1.82) is 0 Å². The summed E-state index contributed by atoms with van der Waals surface area (Å²) in [6.07, 6.45) is 1.13. The first-order chi connectivity index (χ1) is 11.7. The molecule has 0 aromatic heterocycles. The molecule has 8 heteroatoms. The second kappa shape index (κ2) is 7.53. The predicted octanol–water partition coefficient (Wildman–Crippen LogP) is 2.89. The Bertz CT molecular complexity index is 612. The molecule has 1 spiro atoms. The molecule has 1 aromatic carbocycles. The Morgan fingerprint density at radius 2 is 2.12 bits per heavy atom. The molecule has 1 N–H and O–H groups in total. The van der Waals surface area contributed by atoms with Crippen LogP contribution in [0.25, 0.3) is 10.4 Å². The lowest BCUT2D eigenvalue weighted by Crippen LogP contribution is -2.52. The first kappa shape index (κ1) is 16.6. The van der Waals surface area contributed by atoms with Gasteiger partial charge < -0.3 is 19.5 Å². The number of carbonyl (C=O) groups is 1. The summed E-state index contributed by atoms with van der Waals surface area (Å²) in [6.45, 7) is 1.26. The van der Waals surface area contributed by atoms with Crippen molar-refractivity contribution in [2.75, 3.05) is 13.2 Å². The number of amides is 1. The van der Waals surface area contributed by atoms with Crippen molar-refractivity contribution >= 4 is 6.09 Å². The van der Waals surface area contributed by atoms with Gasteiger partial charge in [-0.05, 0) is 17.5 Å². The second-order valence-corrected chi connectivity index (χ2v) is 5.94. The number of hydrogen-bond donors (Lipinski definition) is 1. The van der Waals surface area contributed by atoms with Crippen LogP contribution in [-0.2, 0) is 20.8 Å². The number of nitrogens with one attached hydrogen (secondary N) is 1. The van der Waals surface area contributed by atoms with Gasteiger partial charge in [-0.1, -0.05) is 35.4 Å². The number of hydrogen-bond acceptors (Lipinski definition) is 5. The monoisotopic (exact) mass is 332 g/mol. The van der Waals surface area contributed by atoms with Crippen molar-refractivity contribution < 1.29 is 19.0 Å². The molecule has 2 aliphatic rings. The number of carbonyl (C=O) groups excluding carboxylic acids is 1. The Balaban J connectivity index is 1.59. The van der Waals surface area contributed by atoms with Crippen molar-refractivity contribution in [2.45, 2.75) is 43.7 Å². The van der Waals surface area contributed by atoms with Crippen molar-refractivity contribution in [3.8, 4) is 0 Å². The number of ether oxygens (including phenoxy) is 3. The fraction of sp³-hybridized carbons (Fsp3) is 0.562. The van der Waals surface area contributed by atoms with E-state index in [1.807, 2.05) is 30.3 Å². The van der Waals surface area contributed by atoms with Crippen molar-refractivity contribution in [3.63, 3.8) is 0 Å². The summed E-state index contributed by atoms with van der Waals surface area (Å²) in [5.41, 5.74) is 9.64. The van der Waals surface area contributed by atoms with E-state index in [1.165, 1.54) is 0 Å². The van der Waals surface area contributed by atoms with Crippen LogP contribution in [0.2, 0.25) is 0 Å². The summed E-state index contributed by atoms with van der Waals surface area (Å²) in [5, 5.41) is 6.58.